The van der Waals surface area contributed by atoms with Crippen LogP contribution in [0.25, 0.3) is 0 Å². The monoisotopic (exact) mass is 229 g/mol. The number of alkyl halides is 1. The molecule has 3 nitrogen and oxygen atoms in total. The van der Waals surface area contributed by atoms with Crippen molar-refractivity contribution in [2.45, 2.75) is 10.3 Å². The van der Waals surface area contributed by atoms with Crippen LogP contribution in [-0.2, 0) is 4.79 Å². The highest BCUT2D eigenvalue weighted by molar-refractivity contribution is 14.1. The zero-order valence-electron chi connectivity index (χ0n) is 4.30. The van der Waals surface area contributed by atoms with Crippen molar-refractivity contribution in [1.82, 2.24) is 0 Å². The fraction of sp³-hybridized carbons (Fsp3) is 0.750. The third-order valence-electron chi connectivity index (χ3n) is 0.688. The van der Waals surface area contributed by atoms with Gasteiger partial charge in [0.2, 0.25) is 0 Å². The lowest BCUT2D eigenvalue weighted by Crippen LogP contribution is -2.16. The summed E-state index contributed by atoms with van der Waals surface area (Å²) >= 11 is 1.85. The van der Waals surface area contributed by atoms with Crippen molar-refractivity contribution in [1.29, 1.82) is 0 Å². The van der Waals surface area contributed by atoms with Gasteiger partial charge in [-0.15, -0.1) is 0 Å². The maximum absolute atomic E-state index is 10.0. The van der Waals surface area contributed by atoms with E-state index in [1.165, 1.54) is 0 Å². The molecule has 1 atom stereocenters. The lowest BCUT2D eigenvalue weighted by molar-refractivity contribution is -0.136. The van der Waals surface area contributed by atoms with Crippen LogP contribution in [0.2, 0.25) is 0 Å². The molecule has 0 aliphatic rings. The maximum atomic E-state index is 10.0. The molecular weight excluding hydrogens is 221 g/mol. The number of hydrogen-bond donors (Lipinski definition) is 2. The molecule has 1 unspecified atom stereocenters. The molecule has 0 aromatic rings. The second kappa shape index (κ2) is 4.08. The Morgan fingerprint density at radius 2 is 2.38 bits per heavy atom. The van der Waals surface area contributed by atoms with Gasteiger partial charge < -0.3 is 10.8 Å². The molecule has 0 radical (unpaired) electrons. The van der Waals surface area contributed by atoms with E-state index in [0.29, 0.717) is 13.0 Å². The van der Waals surface area contributed by atoms with Gasteiger partial charge in [-0.05, 0) is 13.0 Å². The third kappa shape index (κ3) is 3.20. The number of carboxylic acid groups (broad SMARTS) is 1. The van der Waals surface area contributed by atoms with E-state index in [9.17, 15) is 4.79 Å². The first-order valence-corrected chi connectivity index (χ1v) is 3.50. The van der Waals surface area contributed by atoms with Crippen molar-refractivity contribution in [3.63, 3.8) is 0 Å². The topological polar surface area (TPSA) is 63.3 Å². The molecule has 0 amide bonds. The van der Waals surface area contributed by atoms with Crippen LogP contribution in [-0.4, -0.2) is 21.5 Å². The Balaban J connectivity index is 3.32. The van der Waals surface area contributed by atoms with Gasteiger partial charge in [-0.25, -0.2) is 0 Å². The van der Waals surface area contributed by atoms with E-state index in [2.05, 4.69) is 0 Å². The highest BCUT2D eigenvalue weighted by Crippen LogP contribution is 2.03. The summed E-state index contributed by atoms with van der Waals surface area (Å²) in [5.41, 5.74) is 5.10. The predicted molar refractivity (Wildman–Crippen MR) is 39.1 cm³/mol. The Morgan fingerprint density at radius 1 is 1.88 bits per heavy atom. The van der Waals surface area contributed by atoms with E-state index in [1.54, 1.807) is 0 Å². The molecule has 4 heteroatoms. The molecule has 0 saturated heterocycles. The number of hydrogen-bond acceptors (Lipinski definition) is 2. The number of nitrogens with two attached hydrogens (primary N) is 1. The molecule has 0 heterocycles. The predicted octanol–water partition coefficient (Wildman–Crippen LogP) is 0.223. The summed E-state index contributed by atoms with van der Waals surface area (Å²) in [6.45, 7) is 0.444. The largest absolute Gasteiger partial charge is 0.480 e. The van der Waals surface area contributed by atoms with Crippen LogP contribution in [0.15, 0.2) is 0 Å². The van der Waals surface area contributed by atoms with Crippen LogP contribution in [0.3, 0.4) is 0 Å². The summed E-state index contributed by atoms with van der Waals surface area (Å²) < 4.78 is -0.322. The number of carbonyl (C=O) groups is 1. The molecule has 3 N–H and O–H groups in total. The van der Waals surface area contributed by atoms with E-state index in [-0.39, 0.29) is 3.92 Å². The molecule has 8 heavy (non-hydrogen) atoms. The van der Waals surface area contributed by atoms with Gasteiger partial charge in [0.05, 0.1) is 0 Å². The Kier molecular flexibility index (Phi) is 4.16. The van der Waals surface area contributed by atoms with E-state index in [4.69, 9.17) is 10.8 Å². The summed E-state index contributed by atoms with van der Waals surface area (Å²) in [6, 6.07) is 0. The summed E-state index contributed by atoms with van der Waals surface area (Å²) in [6.07, 6.45) is 0.551. The van der Waals surface area contributed by atoms with Crippen molar-refractivity contribution in [2.75, 3.05) is 6.54 Å². The fourth-order valence-corrected chi connectivity index (χ4v) is 0.629. The Morgan fingerprint density at radius 3 is 2.50 bits per heavy atom. The molecule has 0 aliphatic carbocycles. The molecule has 0 aromatic carbocycles. The average molecular weight is 229 g/mol. The molecule has 0 bridgehead atoms. The van der Waals surface area contributed by atoms with Crippen LogP contribution in [0.5, 0.6) is 0 Å². The molecular formula is C4H8INO2. The van der Waals surface area contributed by atoms with Crippen molar-refractivity contribution in [2.24, 2.45) is 5.73 Å². The first-order chi connectivity index (χ1) is 3.68. The van der Waals surface area contributed by atoms with Crippen LogP contribution >= 0.6 is 22.6 Å². The highest BCUT2D eigenvalue weighted by atomic mass is 127. The zero-order valence-corrected chi connectivity index (χ0v) is 6.46. The molecule has 0 spiro atoms. The van der Waals surface area contributed by atoms with Crippen molar-refractivity contribution >= 4 is 28.6 Å². The SMILES string of the molecule is NCCC(I)C(=O)O. The summed E-state index contributed by atoms with van der Waals surface area (Å²) in [7, 11) is 0. The van der Waals surface area contributed by atoms with Crippen LogP contribution in [0.1, 0.15) is 6.42 Å². The molecule has 0 aromatic heterocycles. The summed E-state index contributed by atoms with van der Waals surface area (Å²) in [5.74, 6) is -0.781. The van der Waals surface area contributed by atoms with Crippen molar-refractivity contribution in [3.05, 3.63) is 0 Å². The van der Waals surface area contributed by atoms with Crippen molar-refractivity contribution in [3.8, 4) is 0 Å². The van der Waals surface area contributed by atoms with Gasteiger partial charge in [-0.3, -0.25) is 4.79 Å². The normalized spacial score (nSPS) is 13.2. The second-order valence-electron chi connectivity index (χ2n) is 1.38. The van der Waals surface area contributed by atoms with Gasteiger partial charge in [-0.2, -0.15) is 0 Å². The molecule has 0 aliphatic heterocycles. The van der Waals surface area contributed by atoms with E-state index in [0.717, 1.165) is 0 Å². The lowest BCUT2D eigenvalue weighted by Gasteiger charge is -1.98. The maximum Gasteiger partial charge on any atom is 0.316 e. The quantitative estimate of drug-likeness (QED) is 0.537. The first kappa shape index (κ1) is 8.16. The second-order valence-corrected chi connectivity index (χ2v) is 2.89. The third-order valence-corrected chi connectivity index (χ3v) is 1.84. The average Bonchev–Trinajstić information content (AvgIpc) is 1.67. The van der Waals surface area contributed by atoms with Gasteiger partial charge in [-0.1, -0.05) is 22.6 Å². The van der Waals surface area contributed by atoms with Crippen molar-refractivity contribution < 1.29 is 9.90 Å². The minimum atomic E-state index is -0.781. The van der Waals surface area contributed by atoms with Gasteiger partial charge in [0.15, 0.2) is 0 Å². The van der Waals surface area contributed by atoms with Gasteiger partial charge >= 0.3 is 5.97 Å². The molecule has 0 fully saturated rings. The summed E-state index contributed by atoms with van der Waals surface area (Å²) in [4.78, 5) is 10.0. The van der Waals surface area contributed by atoms with Crippen LogP contribution in [0.4, 0.5) is 0 Å². The van der Waals surface area contributed by atoms with Crippen LogP contribution in [0, 0.1) is 0 Å². The Bertz CT molecular complexity index is 86.1. The lowest BCUT2D eigenvalue weighted by atomic mass is 10.3. The fourth-order valence-electron chi connectivity index (χ4n) is 0.270. The molecule has 0 saturated carbocycles. The number of carboxylic acids is 1. The Labute approximate surface area is 61.4 Å². The molecule has 48 valence electrons. The van der Waals surface area contributed by atoms with Gasteiger partial charge in [0, 0.05) is 0 Å². The smallest absolute Gasteiger partial charge is 0.316 e. The van der Waals surface area contributed by atoms with E-state index >= 15 is 0 Å². The van der Waals surface area contributed by atoms with Gasteiger partial charge in [0.1, 0.15) is 3.92 Å². The highest BCUT2D eigenvalue weighted by Gasteiger charge is 2.09. The zero-order chi connectivity index (χ0) is 6.57. The minimum absolute atomic E-state index is 0.322. The minimum Gasteiger partial charge on any atom is -0.480 e. The van der Waals surface area contributed by atoms with Crippen LogP contribution < -0.4 is 5.73 Å². The molecule has 0 rings (SSSR count). The van der Waals surface area contributed by atoms with E-state index < -0.39 is 5.97 Å². The Hall–Kier alpha value is 0.160. The van der Waals surface area contributed by atoms with Gasteiger partial charge in [0.25, 0.3) is 0 Å². The number of aliphatic carboxylic acids is 1. The standard InChI is InChI=1S/C4H8INO2/c5-3(1-2-6)4(7)8/h3H,1-2,6H2,(H,7,8). The first-order valence-electron chi connectivity index (χ1n) is 2.25. The van der Waals surface area contributed by atoms with E-state index in [1.807, 2.05) is 22.6 Å². The summed E-state index contributed by atoms with van der Waals surface area (Å²) in [5, 5.41) is 8.25. The number of rotatable bonds is 3. The number of halogens is 1.